The maximum atomic E-state index is 13.3. The van der Waals surface area contributed by atoms with Gasteiger partial charge >= 0.3 is 18.7 Å². The second-order valence-corrected chi connectivity index (χ2v) is 14.3. The fraction of sp³-hybridized carbons (Fsp3) is 0.447. The van der Waals surface area contributed by atoms with Gasteiger partial charge in [0, 0.05) is 22.0 Å². The highest BCUT2D eigenvalue weighted by Crippen LogP contribution is 2.39. The van der Waals surface area contributed by atoms with Crippen molar-refractivity contribution in [1.82, 2.24) is 5.32 Å². The summed E-state index contributed by atoms with van der Waals surface area (Å²) in [5.41, 5.74) is 0.555. The molecular formula is C38H44Cl2F2N2O8. The van der Waals surface area contributed by atoms with Gasteiger partial charge in [-0.25, -0.2) is 4.79 Å². The fourth-order valence-electron chi connectivity index (χ4n) is 4.79. The second-order valence-electron chi connectivity index (χ2n) is 13.5. The molecule has 2 saturated carbocycles. The molecule has 0 aromatic heterocycles. The third-order valence-corrected chi connectivity index (χ3v) is 8.67. The Morgan fingerprint density at radius 1 is 0.962 bits per heavy atom. The number of anilines is 1. The van der Waals surface area contributed by atoms with Crippen molar-refractivity contribution in [2.45, 2.75) is 78.1 Å². The van der Waals surface area contributed by atoms with Crippen LogP contribution in [-0.4, -0.2) is 49.9 Å². The first-order chi connectivity index (χ1) is 24.6. The van der Waals surface area contributed by atoms with Crippen molar-refractivity contribution in [2.75, 3.05) is 25.1 Å². The zero-order valence-corrected chi connectivity index (χ0v) is 31.1. The summed E-state index contributed by atoms with van der Waals surface area (Å²) in [6.07, 6.45) is 5.23. The van der Waals surface area contributed by atoms with Gasteiger partial charge < -0.3 is 29.0 Å². The van der Waals surface area contributed by atoms with Crippen LogP contribution in [0.15, 0.2) is 70.8 Å². The highest BCUT2D eigenvalue weighted by atomic mass is 35.5. The van der Waals surface area contributed by atoms with Gasteiger partial charge in [0.1, 0.15) is 24.0 Å². The average molecular weight is 766 g/mol. The molecule has 0 spiro atoms. The molecule has 0 aliphatic heterocycles. The molecule has 52 heavy (non-hydrogen) atoms. The van der Waals surface area contributed by atoms with Crippen LogP contribution < -0.4 is 24.8 Å². The number of ether oxygens (including phenoxy) is 5. The number of benzene rings is 2. The molecule has 0 radical (unpaired) electrons. The summed E-state index contributed by atoms with van der Waals surface area (Å²) >= 11 is 12.9. The summed E-state index contributed by atoms with van der Waals surface area (Å²) in [7, 11) is 0. The van der Waals surface area contributed by atoms with Gasteiger partial charge in [-0.15, -0.1) is 0 Å². The summed E-state index contributed by atoms with van der Waals surface area (Å²) in [4.78, 5) is 39.0. The number of hydrogen-bond acceptors (Lipinski definition) is 8. The fourth-order valence-corrected chi connectivity index (χ4v) is 5.20. The van der Waals surface area contributed by atoms with E-state index in [2.05, 4.69) is 21.9 Å². The molecule has 0 saturated heterocycles. The van der Waals surface area contributed by atoms with Crippen LogP contribution in [0, 0.1) is 11.8 Å². The standard InChI is InChI=1S/C38H44Cl2F2N2O8/c1-6-27(39)26(28(40)7-2)18-31(24-13-15-30(51-36(41)42)33(16-24)49-21-23-10-11-23)50-34(45)19-43-35(46)25-12-14-29(44-37(47)52-38(3,4)5)32(17-25)48-20-22-8-9-22/h6-7,12-17,22-23,31,36H,1,8-11,18-21H2,2-5H3,(H,43,46)(H,44,47)/b27-26+,28-7+/t31-/m0/s1. The molecule has 2 amide bonds. The lowest BCUT2D eigenvalue weighted by Crippen LogP contribution is -2.31. The topological polar surface area (TPSA) is 121 Å². The number of nitrogens with one attached hydrogen (secondary N) is 2. The van der Waals surface area contributed by atoms with Gasteiger partial charge in [-0.1, -0.05) is 48.0 Å². The van der Waals surface area contributed by atoms with Crippen molar-refractivity contribution in [3.8, 4) is 17.2 Å². The first kappa shape index (κ1) is 40.5. The van der Waals surface area contributed by atoms with Gasteiger partial charge in [-0.2, -0.15) is 8.78 Å². The van der Waals surface area contributed by atoms with Crippen molar-refractivity contribution in [3.05, 3.63) is 81.9 Å². The number of carbonyl (C=O) groups excluding carboxylic acids is 3. The van der Waals surface area contributed by atoms with E-state index in [1.807, 2.05) is 0 Å². The highest BCUT2D eigenvalue weighted by Gasteiger charge is 2.27. The maximum Gasteiger partial charge on any atom is 0.412 e. The lowest BCUT2D eigenvalue weighted by atomic mass is 9.99. The maximum absolute atomic E-state index is 13.3. The Balaban J connectivity index is 1.53. The lowest BCUT2D eigenvalue weighted by Gasteiger charge is -2.22. The molecule has 2 N–H and O–H groups in total. The first-order valence-electron chi connectivity index (χ1n) is 16.9. The van der Waals surface area contributed by atoms with E-state index in [9.17, 15) is 23.2 Å². The van der Waals surface area contributed by atoms with Gasteiger partial charge in [0.15, 0.2) is 11.5 Å². The molecule has 2 aromatic rings. The minimum absolute atomic E-state index is 0.0291. The molecule has 2 aliphatic rings. The summed E-state index contributed by atoms with van der Waals surface area (Å²) < 4.78 is 54.1. The number of rotatable bonds is 18. The summed E-state index contributed by atoms with van der Waals surface area (Å²) in [5.74, 6) is -0.560. The number of halogens is 4. The smallest absolute Gasteiger partial charge is 0.412 e. The lowest BCUT2D eigenvalue weighted by molar-refractivity contribution is -0.148. The normalized spacial score (nSPS) is 15.6. The Bertz CT molecular complexity index is 1680. The van der Waals surface area contributed by atoms with Crippen LogP contribution in [0.4, 0.5) is 19.3 Å². The van der Waals surface area contributed by atoms with Crippen LogP contribution in [0.3, 0.4) is 0 Å². The minimum Gasteiger partial charge on any atom is -0.491 e. The van der Waals surface area contributed by atoms with E-state index < -0.39 is 42.8 Å². The number of hydrogen-bond donors (Lipinski definition) is 2. The van der Waals surface area contributed by atoms with Crippen LogP contribution in [0.5, 0.6) is 17.2 Å². The van der Waals surface area contributed by atoms with Crippen molar-refractivity contribution >= 4 is 46.9 Å². The Morgan fingerprint density at radius 2 is 1.62 bits per heavy atom. The molecule has 0 bridgehead atoms. The van der Waals surface area contributed by atoms with E-state index in [-0.39, 0.29) is 39.3 Å². The first-order valence-corrected chi connectivity index (χ1v) is 17.7. The van der Waals surface area contributed by atoms with Crippen LogP contribution >= 0.6 is 23.2 Å². The van der Waals surface area contributed by atoms with Gasteiger partial charge in [0.2, 0.25) is 0 Å². The molecule has 4 rings (SSSR count). The van der Waals surface area contributed by atoms with Crippen LogP contribution in [-0.2, 0) is 14.3 Å². The zero-order chi connectivity index (χ0) is 38.0. The summed E-state index contributed by atoms with van der Waals surface area (Å²) in [6.45, 7) is 7.73. The molecule has 14 heteroatoms. The van der Waals surface area contributed by atoms with Crippen LogP contribution in [0.2, 0.25) is 0 Å². The monoisotopic (exact) mass is 764 g/mol. The van der Waals surface area contributed by atoms with E-state index in [4.69, 9.17) is 42.1 Å². The number of amides is 2. The molecule has 282 valence electrons. The quantitative estimate of drug-likeness (QED) is 0.114. The Labute approximate surface area is 312 Å². The molecule has 2 fully saturated rings. The van der Waals surface area contributed by atoms with Crippen LogP contribution in [0.1, 0.15) is 81.8 Å². The van der Waals surface area contributed by atoms with Crippen molar-refractivity contribution in [1.29, 1.82) is 0 Å². The van der Waals surface area contributed by atoms with Gasteiger partial charge in [-0.05, 0) is 107 Å². The number of alkyl halides is 2. The summed E-state index contributed by atoms with van der Waals surface area (Å²) in [5, 5.41) is 5.71. The Morgan fingerprint density at radius 3 is 2.19 bits per heavy atom. The van der Waals surface area contributed by atoms with Crippen molar-refractivity contribution < 1.29 is 46.8 Å². The largest absolute Gasteiger partial charge is 0.491 e. The molecule has 10 nitrogen and oxygen atoms in total. The number of carbonyl (C=O) groups is 3. The van der Waals surface area contributed by atoms with Crippen molar-refractivity contribution in [3.63, 3.8) is 0 Å². The molecule has 2 aromatic carbocycles. The van der Waals surface area contributed by atoms with Gasteiger partial charge in [0.25, 0.3) is 5.91 Å². The average Bonchev–Trinajstić information content (AvgIpc) is 4.02. The zero-order valence-electron chi connectivity index (χ0n) is 29.6. The van der Waals surface area contributed by atoms with Crippen LogP contribution in [0.25, 0.3) is 0 Å². The third kappa shape index (κ3) is 13.0. The molecular weight excluding hydrogens is 721 g/mol. The van der Waals surface area contributed by atoms with Gasteiger partial charge in [0.05, 0.1) is 18.9 Å². The van der Waals surface area contributed by atoms with Gasteiger partial charge in [-0.3, -0.25) is 14.9 Å². The molecule has 0 unspecified atom stereocenters. The molecule has 0 heterocycles. The van der Waals surface area contributed by atoms with E-state index in [0.29, 0.717) is 41.9 Å². The third-order valence-electron chi connectivity index (χ3n) is 7.84. The highest BCUT2D eigenvalue weighted by molar-refractivity contribution is 6.36. The predicted molar refractivity (Wildman–Crippen MR) is 194 cm³/mol. The molecule has 2 aliphatic carbocycles. The predicted octanol–water partition coefficient (Wildman–Crippen LogP) is 9.44. The second kappa shape index (κ2) is 18.5. The Hall–Kier alpha value is -4.29. The molecule has 1 atom stereocenters. The minimum atomic E-state index is -3.08. The van der Waals surface area contributed by atoms with E-state index in [0.717, 1.165) is 25.7 Å². The van der Waals surface area contributed by atoms with E-state index in [1.165, 1.54) is 42.5 Å². The number of esters is 1. The Kier molecular flexibility index (Phi) is 14.4. The SMILES string of the molecule is C=C/C(Cl)=C(C[C@H](OC(=O)CNC(=O)c1ccc(NC(=O)OC(C)(C)C)c(OCC2CC2)c1)c1ccc(OC(F)F)c(OCC2CC2)c1)\C(Cl)=C/C. The van der Waals surface area contributed by atoms with Crippen molar-refractivity contribution in [2.24, 2.45) is 11.8 Å². The number of allylic oxidation sites excluding steroid dienone is 4. The van der Waals surface area contributed by atoms with E-state index in [1.54, 1.807) is 33.8 Å². The van der Waals surface area contributed by atoms with E-state index >= 15 is 0 Å². The summed E-state index contributed by atoms with van der Waals surface area (Å²) in [6, 6.07) is 8.71.